The van der Waals surface area contributed by atoms with Crippen molar-refractivity contribution in [3.63, 3.8) is 0 Å². The Kier molecular flexibility index (Phi) is 4.99. The molecule has 5 aromatic carbocycles. The minimum atomic E-state index is -1.46. The van der Waals surface area contributed by atoms with Crippen molar-refractivity contribution in [2.45, 2.75) is 5.60 Å². The van der Waals surface area contributed by atoms with E-state index in [4.69, 9.17) is 11.6 Å². The van der Waals surface area contributed by atoms with Crippen molar-refractivity contribution in [3.8, 4) is 5.69 Å². The number of halogens is 1. The quantitative estimate of drug-likeness (QED) is 0.268. The summed E-state index contributed by atoms with van der Waals surface area (Å²) in [7, 11) is 0. The van der Waals surface area contributed by atoms with Crippen molar-refractivity contribution in [3.05, 3.63) is 149 Å². The molecular weight excluding hydrogens is 438 g/mol. The Bertz CT molecular complexity index is 1620. The first-order valence-electron chi connectivity index (χ1n) is 11.3. The molecule has 6 aromatic rings. The Balaban J connectivity index is 1.81. The third-order valence-electron chi connectivity index (χ3n) is 6.55. The van der Waals surface area contributed by atoms with Gasteiger partial charge < -0.3 is 9.67 Å². The van der Waals surface area contributed by atoms with Crippen LogP contribution >= 0.6 is 11.6 Å². The lowest BCUT2D eigenvalue weighted by atomic mass is 9.79. The van der Waals surface area contributed by atoms with Crippen LogP contribution in [0, 0.1) is 0 Å². The molecule has 34 heavy (non-hydrogen) atoms. The molecule has 164 valence electrons. The number of nitrogens with zero attached hydrogens (tertiary/aromatic N) is 1. The molecule has 0 fully saturated rings. The van der Waals surface area contributed by atoms with E-state index < -0.39 is 5.60 Å². The molecule has 0 radical (unpaired) electrons. The molecule has 1 atom stereocenters. The van der Waals surface area contributed by atoms with Crippen LogP contribution in [0.2, 0.25) is 5.02 Å². The highest BCUT2D eigenvalue weighted by atomic mass is 35.5. The van der Waals surface area contributed by atoms with Crippen molar-refractivity contribution >= 4 is 33.4 Å². The minimum absolute atomic E-state index is 0.522. The lowest BCUT2D eigenvalue weighted by Crippen LogP contribution is -2.30. The number of aromatic nitrogens is 1. The van der Waals surface area contributed by atoms with Gasteiger partial charge in [-0.15, -0.1) is 0 Å². The first-order valence-corrected chi connectivity index (χ1v) is 11.7. The second kappa shape index (κ2) is 8.18. The molecule has 3 heteroatoms. The standard InChI is InChI=1S/C31H22ClNO/c32-28-20-9-8-18-26(28)31(34,22-12-3-1-4-13-22)27-19-11-17-25-24-16-7-10-21-29(24)33(30(25)27)23-14-5-2-6-15-23/h1-21,34H. The minimum Gasteiger partial charge on any atom is -0.376 e. The van der Waals surface area contributed by atoms with Gasteiger partial charge in [-0.05, 0) is 29.8 Å². The maximum atomic E-state index is 12.7. The van der Waals surface area contributed by atoms with Gasteiger partial charge in [-0.1, -0.05) is 115 Å². The summed E-state index contributed by atoms with van der Waals surface area (Å²) in [6.07, 6.45) is 0. The van der Waals surface area contributed by atoms with Crippen molar-refractivity contribution < 1.29 is 5.11 Å². The first-order chi connectivity index (χ1) is 16.7. The predicted octanol–water partition coefficient (Wildman–Crippen LogP) is 7.72. The number of hydrogen-bond acceptors (Lipinski definition) is 1. The molecule has 0 bridgehead atoms. The predicted molar refractivity (Wildman–Crippen MR) is 141 cm³/mol. The fourth-order valence-corrected chi connectivity index (χ4v) is 5.32. The largest absolute Gasteiger partial charge is 0.376 e. The highest BCUT2D eigenvalue weighted by Crippen LogP contribution is 2.45. The first kappa shape index (κ1) is 20.7. The van der Waals surface area contributed by atoms with Crippen LogP contribution in [0.1, 0.15) is 16.7 Å². The SMILES string of the molecule is OC(c1ccccc1)(c1ccccc1Cl)c1cccc2c3ccccc3n(-c3ccccc3)c12. The van der Waals surface area contributed by atoms with E-state index in [0.29, 0.717) is 10.6 Å². The summed E-state index contributed by atoms with van der Waals surface area (Å²) in [5.41, 5.74) is 3.83. The van der Waals surface area contributed by atoms with Gasteiger partial charge in [0.2, 0.25) is 0 Å². The molecule has 1 aromatic heterocycles. The monoisotopic (exact) mass is 459 g/mol. The molecule has 0 spiro atoms. The number of para-hydroxylation sites is 3. The summed E-state index contributed by atoms with van der Waals surface area (Å²) in [6, 6.07) is 42.1. The number of aliphatic hydroxyl groups is 1. The molecule has 6 rings (SSSR count). The number of fused-ring (bicyclic) bond motifs is 3. The van der Waals surface area contributed by atoms with Crippen LogP contribution < -0.4 is 0 Å². The molecule has 0 saturated carbocycles. The van der Waals surface area contributed by atoms with Gasteiger partial charge in [0, 0.05) is 32.6 Å². The van der Waals surface area contributed by atoms with Gasteiger partial charge in [0.15, 0.2) is 0 Å². The summed E-state index contributed by atoms with van der Waals surface area (Å²) >= 11 is 6.73. The Labute approximate surface area is 203 Å². The summed E-state index contributed by atoms with van der Waals surface area (Å²) in [6.45, 7) is 0. The van der Waals surface area contributed by atoms with Crippen LogP contribution in [0.25, 0.3) is 27.5 Å². The van der Waals surface area contributed by atoms with Crippen LogP contribution in [0.5, 0.6) is 0 Å². The van der Waals surface area contributed by atoms with Gasteiger partial charge >= 0.3 is 0 Å². The van der Waals surface area contributed by atoms with Gasteiger partial charge in [-0.2, -0.15) is 0 Å². The number of hydrogen-bond donors (Lipinski definition) is 1. The zero-order valence-corrected chi connectivity index (χ0v) is 19.2. The van der Waals surface area contributed by atoms with Crippen LogP contribution in [-0.4, -0.2) is 9.67 Å². The molecule has 0 aliphatic heterocycles. The van der Waals surface area contributed by atoms with Crippen molar-refractivity contribution in [1.29, 1.82) is 0 Å². The summed E-state index contributed by atoms with van der Waals surface area (Å²) in [5.74, 6) is 0. The molecule has 0 aliphatic carbocycles. The average Bonchev–Trinajstić information content (AvgIpc) is 3.24. The summed E-state index contributed by atoms with van der Waals surface area (Å²) in [5, 5.41) is 15.4. The molecule has 0 aliphatic rings. The molecular formula is C31H22ClNO. The van der Waals surface area contributed by atoms with E-state index in [0.717, 1.165) is 38.6 Å². The Hall–Kier alpha value is -3.85. The fourth-order valence-electron chi connectivity index (χ4n) is 5.05. The fraction of sp³-hybridized carbons (Fsp3) is 0.0323. The van der Waals surface area contributed by atoms with E-state index in [2.05, 4.69) is 47.0 Å². The zero-order chi connectivity index (χ0) is 23.1. The van der Waals surface area contributed by atoms with Crippen molar-refractivity contribution in [1.82, 2.24) is 4.57 Å². The van der Waals surface area contributed by atoms with Gasteiger partial charge in [-0.25, -0.2) is 0 Å². The highest BCUT2D eigenvalue weighted by Gasteiger charge is 2.38. The Morgan fingerprint density at radius 1 is 0.559 bits per heavy atom. The molecule has 0 saturated heterocycles. The second-order valence-electron chi connectivity index (χ2n) is 8.45. The van der Waals surface area contributed by atoms with Crippen LogP contribution in [0.4, 0.5) is 0 Å². The Morgan fingerprint density at radius 2 is 1.15 bits per heavy atom. The third kappa shape index (κ3) is 3.07. The lowest BCUT2D eigenvalue weighted by molar-refractivity contribution is 0.127. The maximum Gasteiger partial charge on any atom is 0.144 e. The molecule has 0 amide bonds. The van der Waals surface area contributed by atoms with Crippen LogP contribution in [0.3, 0.4) is 0 Å². The smallest absolute Gasteiger partial charge is 0.144 e. The van der Waals surface area contributed by atoms with E-state index >= 15 is 0 Å². The molecule has 1 N–H and O–H groups in total. The van der Waals surface area contributed by atoms with E-state index in [1.165, 1.54) is 0 Å². The zero-order valence-electron chi connectivity index (χ0n) is 18.4. The van der Waals surface area contributed by atoms with E-state index in [9.17, 15) is 5.11 Å². The molecule has 1 heterocycles. The van der Waals surface area contributed by atoms with E-state index in [-0.39, 0.29) is 0 Å². The van der Waals surface area contributed by atoms with Crippen LogP contribution in [0.15, 0.2) is 127 Å². The van der Waals surface area contributed by atoms with Gasteiger partial charge in [0.25, 0.3) is 0 Å². The normalized spacial score (nSPS) is 13.2. The number of rotatable bonds is 4. The van der Waals surface area contributed by atoms with E-state index in [1.807, 2.05) is 84.9 Å². The second-order valence-corrected chi connectivity index (χ2v) is 8.85. The van der Waals surface area contributed by atoms with Crippen molar-refractivity contribution in [2.75, 3.05) is 0 Å². The molecule has 1 unspecified atom stereocenters. The summed E-state index contributed by atoms with van der Waals surface area (Å²) in [4.78, 5) is 0. The maximum absolute atomic E-state index is 12.7. The van der Waals surface area contributed by atoms with Crippen molar-refractivity contribution in [2.24, 2.45) is 0 Å². The number of benzene rings is 5. The lowest BCUT2D eigenvalue weighted by Gasteiger charge is -2.32. The Morgan fingerprint density at radius 3 is 1.91 bits per heavy atom. The molecule has 2 nitrogen and oxygen atoms in total. The van der Waals surface area contributed by atoms with Gasteiger partial charge in [0.05, 0.1) is 11.0 Å². The average molecular weight is 460 g/mol. The summed E-state index contributed by atoms with van der Waals surface area (Å²) < 4.78 is 2.24. The van der Waals surface area contributed by atoms with Gasteiger partial charge in [0.1, 0.15) is 5.60 Å². The third-order valence-corrected chi connectivity index (χ3v) is 6.88. The van der Waals surface area contributed by atoms with E-state index in [1.54, 1.807) is 0 Å². The van der Waals surface area contributed by atoms with Gasteiger partial charge in [-0.3, -0.25) is 0 Å². The topological polar surface area (TPSA) is 25.2 Å². The van der Waals surface area contributed by atoms with Crippen LogP contribution in [-0.2, 0) is 5.60 Å². The highest BCUT2D eigenvalue weighted by molar-refractivity contribution is 6.31.